The molecule has 1 amide bonds. The normalized spacial score (nSPS) is 10.2. The van der Waals surface area contributed by atoms with E-state index in [2.05, 4.69) is 10.3 Å². The first-order valence-electron chi connectivity index (χ1n) is 7.34. The van der Waals surface area contributed by atoms with Crippen LogP contribution in [0.2, 0.25) is 0 Å². The zero-order chi connectivity index (χ0) is 18.4. The number of thiazole rings is 1. The molecule has 0 unspecified atom stereocenters. The minimum Gasteiger partial charge on any atom is -0.493 e. The number of amides is 1. The molecule has 2 aromatic rings. The number of rotatable bonds is 7. The van der Waals surface area contributed by atoms with Crippen molar-refractivity contribution in [2.45, 2.75) is 6.42 Å². The molecule has 0 atom stereocenters. The van der Waals surface area contributed by atoms with Gasteiger partial charge in [-0.15, -0.1) is 11.3 Å². The van der Waals surface area contributed by atoms with Gasteiger partial charge in [-0.05, 0) is 6.54 Å². The number of carbonyl (C=O) groups excluding carboxylic acids is 2. The van der Waals surface area contributed by atoms with Crippen LogP contribution in [0, 0.1) is 0 Å². The molecule has 25 heavy (non-hydrogen) atoms. The summed E-state index contributed by atoms with van der Waals surface area (Å²) in [6, 6.07) is 2.94. The molecule has 0 spiro atoms. The number of benzene rings is 1. The molecule has 9 heteroatoms. The highest BCUT2D eigenvalue weighted by Crippen LogP contribution is 2.34. The number of nitrogens with one attached hydrogen (secondary N) is 1. The van der Waals surface area contributed by atoms with Crippen molar-refractivity contribution < 1.29 is 23.8 Å². The van der Waals surface area contributed by atoms with E-state index in [0.717, 1.165) is 5.01 Å². The molecule has 0 aliphatic rings. The lowest BCUT2D eigenvalue weighted by atomic mass is 10.1. The van der Waals surface area contributed by atoms with Gasteiger partial charge in [0, 0.05) is 23.9 Å². The fraction of sp³-hybridized carbons (Fsp3) is 0.312. The van der Waals surface area contributed by atoms with Gasteiger partial charge in [0.25, 0.3) is 5.91 Å². The highest BCUT2D eigenvalue weighted by molar-refractivity contribution is 7.09. The number of esters is 1. The van der Waals surface area contributed by atoms with Crippen molar-refractivity contribution in [2.75, 3.05) is 33.2 Å². The zero-order valence-corrected chi connectivity index (χ0v) is 14.9. The zero-order valence-electron chi connectivity index (χ0n) is 14.1. The summed E-state index contributed by atoms with van der Waals surface area (Å²) in [5, 5.41) is 5.07. The third kappa shape index (κ3) is 4.25. The standard InChI is InChI=1S/C16H19N3O5S/c1-22-12-6-9(16(21)24-3)10(7-13(12)23-2)19-15(20)11-8-25-14(18-11)4-5-17/h6-8H,4-5,17H2,1-3H3,(H,19,20). The molecule has 0 aliphatic heterocycles. The molecule has 3 N–H and O–H groups in total. The summed E-state index contributed by atoms with van der Waals surface area (Å²) in [6.45, 7) is 0.455. The number of aromatic nitrogens is 1. The van der Waals surface area contributed by atoms with Gasteiger partial charge in [0.1, 0.15) is 5.69 Å². The first-order valence-corrected chi connectivity index (χ1v) is 8.22. The summed E-state index contributed by atoms with van der Waals surface area (Å²) < 4.78 is 15.2. The van der Waals surface area contributed by atoms with Gasteiger partial charge in [0.05, 0.1) is 37.6 Å². The Kier molecular flexibility index (Phi) is 6.31. The van der Waals surface area contributed by atoms with E-state index in [1.165, 1.54) is 44.8 Å². The maximum atomic E-state index is 12.4. The van der Waals surface area contributed by atoms with Crippen LogP contribution in [0.15, 0.2) is 17.5 Å². The number of ether oxygens (including phenoxy) is 3. The number of methoxy groups -OCH3 is 3. The first-order chi connectivity index (χ1) is 12.0. The van der Waals surface area contributed by atoms with E-state index in [4.69, 9.17) is 19.9 Å². The molecule has 0 radical (unpaired) electrons. The van der Waals surface area contributed by atoms with Crippen molar-refractivity contribution in [3.8, 4) is 11.5 Å². The number of hydrogen-bond acceptors (Lipinski definition) is 8. The van der Waals surface area contributed by atoms with Gasteiger partial charge >= 0.3 is 5.97 Å². The quantitative estimate of drug-likeness (QED) is 0.718. The number of carbonyl (C=O) groups is 2. The lowest BCUT2D eigenvalue weighted by Crippen LogP contribution is -2.16. The van der Waals surface area contributed by atoms with Gasteiger partial charge in [-0.1, -0.05) is 0 Å². The van der Waals surface area contributed by atoms with E-state index in [1.54, 1.807) is 5.38 Å². The molecular weight excluding hydrogens is 346 g/mol. The van der Waals surface area contributed by atoms with Crippen LogP contribution in [0.5, 0.6) is 11.5 Å². The van der Waals surface area contributed by atoms with E-state index in [-0.39, 0.29) is 16.9 Å². The molecule has 1 aromatic carbocycles. The minimum atomic E-state index is -0.613. The van der Waals surface area contributed by atoms with E-state index >= 15 is 0 Å². The molecule has 2 rings (SSSR count). The van der Waals surface area contributed by atoms with E-state index in [9.17, 15) is 9.59 Å². The summed E-state index contributed by atoms with van der Waals surface area (Å²) in [6.07, 6.45) is 0.599. The predicted molar refractivity (Wildman–Crippen MR) is 93.7 cm³/mol. The Labute approximate surface area is 148 Å². The monoisotopic (exact) mass is 365 g/mol. The third-order valence-electron chi connectivity index (χ3n) is 3.32. The Bertz CT molecular complexity index is 775. The van der Waals surface area contributed by atoms with E-state index < -0.39 is 11.9 Å². The van der Waals surface area contributed by atoms with E-state index in [1.807, 2.05) is 0 Å². The summed E-state index contributed by atoms with van der Waals surface area (Å²) in [5.74, 6) is -0.345. The van der Waals surface area contributed by atoms with Gasteiger partial charge < -0.3 is 25.3 Å². The van der Waals surface area contributed by atoms with Crippen LogP contribution in [-0.2, 0) is 11.2 Å². The highest BCUT2D eigenvalue weighted by atomic mass is 32.1. The van der Waals surface area contributed by atoms with Crippen molar-refractivity contribution in [3.05, 3.63) is 33.8 Å². The van der Waals surface area contributed by atoms with Crippen LogP contribution in [0.4, 0.5) is 5.69 Å². The van der Waals surface area contributed by atoms with Crippen molar-refractivity contribution >= 4 is 28.9 Å². The van der Waals surface area contributed by atoms with Crippen molar-refractivity contribution in [2.24, 2.45) is 5.73 Å². The summed E-state index contributed by atoms with van der Waals surface area (Å²) in [7, 11) is 4.16. The molecule has 134 valence electrons. The predicted octanol–water partition coefficient (Wildman–Crippen LogP) is 1.70. The molecule has 8 nitrogen and oxygen atoms in total. The fourth-order valence-electron chi connectivity index (χ4n) is 2.10. The Balaban J connectivity index is 2.35. The molecule has 0 saturated heterocycles. The highest BCUT2D eigenvalue weighted by Gasteiger charge is 2.20. The average Bonchev–Trinajstić information content (AvgIpc) is 3.09. The van der Waals surface area contributed by atoms with Gasteiger partial charge in [0.15, 0.2) is 11.5 Å². The topological polar surface area (TPSA) is 113 Å². The summed E-state index contributed by atoms with van der Waals surface area (Å²) in [5.41, 5.74) is 6.12. The van der Waals surface area contributed by atoms with Crippen LogP contribution < -0.4 is 20.5 Å². The second-order valence-corrected chi connectivity index (χ2v) is 5.81. The smallest absolute Gasteiger partial charge is 0.340 e. The number of hydrogen-bond donors (Lipinski definition) is 2. The Hall–Kier alpha value is -2.65. The lowest BCUT2D eigenvalue weighted by molar-refractivity contribution is 0.0601. The number of anilines is 1. The van der Waals surface area contributed by atoms with Crippen LogP contribution in [0.25, 0.3) is 0 Å². The van der Waals surface area contributed by atoms with Crippen LogP contribution >= 0.6 is 11.3 Å². The van der Waals surface area contributed by atoms with E-state index in [0.29, 0.717) is 24.5 Å². The SMILES string of the molecule is COC(=O)c1cc(OC)c(OC)cc1NC(=O)c1csc(CCN)n1. The fourth-order valence-corrected chi connectivity index (χ4v) is 2.90. The average molecular weight is 365 g/mol. The summed E-state index contributed by atoms with van der Waals surface area (Å²) >= 11 is 1.35. The molecule has 0 aliphatic carbocycles. The Morgan fingerprint density at radius 1 is 1.20 bits per heavy atom. The molecule has 0 fully saturated rings. The maximum absolute atomic E-state index is 12.4. The van der Waals surface area contributed by atoms with Gasteiger partial charge in [0.2, 0.25) is 0 Å². The number of nitrogens with two attached hydrogens (primary N) is 1. The van der Waals surface area contributed by atoms with Gasteiger partial charge in [-0.3, -0.25) is 4.79 Å². The number of nitrogens with zero attached hydrogens (tertiary/aromatic N) is 1. The largest absolute Gasteiger partial charge is 0.493 e. The minimum absolute atomic E-state index is 0.144. The van der Waals surface area contributed by atoms with Crippen molar-refractivity contribution in [3.63, 3.8) is 0 Å². The molecular formula is C16H19N3O5S. The second-order valence-electron chi connectivity index (χ2n) is 4.86. The molecule has 0 bridgehead atoms. The van der Waals surface area contributed by atoms with Crippen LogP contribution in [0.1, 0.15) is 25.9 Å². The van der Waals surface area contributed by atoms with Gasteiger partial charge in [-0.2, -0.15) is 0 Å². The Morgan fingerprint density at radius 2 is 1.88 bits per heavy atom. The van der Waals surface area contributed by atoms with Crippen LogP contribution in [-0.4, -0.2) is 44.7 Å². The maximum Gasteiger partial charge on any atom is 0.340 e. The Morgan fingerprint density at radius 3 is 2.48 bits per heavy atom. The van der Waals surface area contributed by atoms with Crippen molar-refractivity contribution in [1.29, 1.82) is 0 Å². The summed E-state index contributed by atoms with van der Waals surface area (Å²) in [4.78, 5) is 28.7. The molecule has 1 aromatic heterocycles. The third-order valence-corrected chi connectivity index (χ3v) is 4.23. The van der Waals surface area contributed by atoms with Gasteiger partial charge in [-0.25, -0.2) is 9.78 Å². The first kappa shape index (κ1) is 18.7. The van der Waals surface area contributed by atoms with Crippen molar-refractivity contribution in [1.82, 2.24) is 4.98 Å². The lowest BCUT2D eigenvalue weighted by Gasteiger charge is -2.14. The molecule has 0 saturated carbocycles. The second kappa shape index (κ2) is 8.45. The van der Waals surface area contributed by atoms with Crippen LogP contribution in [0.3, 0.4) is 0 Å². The molecule has 1 heterocycles.